The maximum Gasteiger partial charge on any atom is 0.491 e. The highest BCUT2D eigenvalue weighted by Gasteiger charge is 2.50. The molecule has 18 heteroatoms. The van der Waals surface area contributed by atoms with Gasteiger partial charge in [-0.15, -0.1) is 0 Å². The Morgan fingerprint density at radius 2 is 1.73 bits per heavy atom. The van der Waals surface area contributed by atoms with E-state index in [1.807, 2.05) is 0 Å². The summed E-state index contributed by atoms with van der Waals surface area (Å²) in [7, 11) is -4.26. The van der Waals surface area contributed by atoms with Crippen LogP contribution in [0.25, 0.3) is 10.8 Å². The fourth-order valence-corrected chi connectivity index (χ4v) is 7.64. The number of fused-ring (bicyclic) bond motifs is 1. The smallest absolute Gasteiger partial charge is 0.491 e. The summed E-state index contributed by atoms with van der Waals surface area (Å²) in [6, 6.07) is 10.4. The highest BCUT2D eigenvalue weighted by Crippen LogP contribution is 2.44. The topological polar surface area (TPSA) is 187 Å². The summed E-state index contributed by atoms with van der Waals surface area (Å²) < 4.78 is 93.0. The van der Waals surface area contributed by atoms with E-state index in [2.05, 4.69) is 20.4 Å². The number of benzene rings is 3. The first kappa shape index (κ1) is 40.4. The maximum atomic E-state index is 15.9. The van der Waals surface area contributed by atoms with E-state index in [9.17, 15) is 40.8 Å². The number of alkyl halides is 3. The number of pyridine rings is 1. The number of amides is 2. The summed E-state index contributed by atoms with van der Waals surface area (Å²) in [5, 5.41) is 5.63. The fourth-order valence-electron chi connectivity index (χ4n) is 6.37. The molecule has 5 rings (SSSR count). The molecule has 2 amide bonds. The number of hydrogen-bond acceptors (Lipinski definition) is 11. The zero-order valence-electron chi connectivity index (χ0n) is 29.9. The first-order valence-corrected chi connectivity index (χ1v) is 18.5. The fraction of sp³-hybridized carbons (Fsp3) is 0.324. The zero-order chi connectivity index (χ0) is 40.4. The molecule has 2 unspecified atom stereocenters. The quantitative estimate of drug-likeness (QED) is 0.0938. The Labute approximate surface area is 313 Å². The first-order chi connectivity index (χ1) is 25.8. The summed E-state index contributed by atoms with van der Waals surface area (Å²) in [6.45, 7) is 5.39. The molecule has 0 spiro atoms. The number of ether oxygens (including phenoxy) is 2. The van der Waals surface area contributed by atoms with Crippen molar-refractivity contribution in [2.45, 2.75) is 62.5 Å². The zero-order valence-corrected chi connectivity index (χ0v) is 30.8. The number of nitrogens with two attached hydrogens (primary N) is 1. The summed E-state index contributed by atoms with van der Waals surface area (Å²) in [5.41, 5.74) is 5.83. The van der Waals surface area contributed by atoms with Crippen LogP contribution in [0, 0.1) is 11.7 Å². The number of aromatic nitrogens is 1. The molecule has 1 aromatic heterocycles. The number of hydrogen-bond donors (Lipinski definition) is 3. The van der Waals surface area contributed by atoms with E-state index >= 15 is 4.39 Å². The first-order valence-electron chi connectivity index (χ1n) is 16.9. The van der Waals surface area contributed by atoms with E-state index in [-0.39, 0.29) is 47.2 Å². The molecule has 13 nitrogen and oxygen atoms in total. The molecule has 4 N–H and O–H groups in total. The second-order valence-electron chi connectivity index (χ2n) is 12.9. The van der Waals surface area contributed by atoms with E-state index in [1.54, 1.807) is 31.2 Å². The Morgan fingerprint density at radius 1 is 1.02 bits per heavy atom. The number of halogens is 4. The third-order valence-electron chi connectivity index (χ3n) is 8.93. The molecule has 2 heterocycles. The largest absolute Gasteiger partial charge is 0.494 e. The molecule has 1 aliphatic rings. The molecule has 0 saturated carbocycles. The third kappa shape index (κ3) is 8.64. The molecule has 1 saturated heterocycles. The van der Waals surface area contributed by atoms with Crippen molar-refractivity contribution in [2.75, 3.05) is 29.5 Å². The van der Waals surface area contributed by atoms with Crippen LogP contribution in [0.3, 0.4) is 0 Å². The molecule has 0 aliphatic carbocycles. The SMILES string of the molecule is CCOc1ccc(F)c([C@@H](Nc2ccc3c(N)nccc3c2)C(=O)N2CCC(C(=O)OC(=O)C(F)(F)F)C2c2cc(NC(C)=O)ccc2S(=O)(=O)C(C)C)c1. The van der Waals surface area contributed by atoms with Crippen LogP contribution >= 0.6 is 0 Å². The molecular weight excluding hydrogens is 750 g/mol. The van der Waals surface area contributed by atoms with Crippen LogP contribution < -0.4 is 21.1 Å². The monoisotopic (exact) mass is 787 g/mol. The number of nitrogens with one attached hydrogen (secondary N) is 2. The summed E-state index contributed by atoms with van der Waals surface area (Å²) in [4.78, 5) is 57.0. The van der Waals surface area contributed by atoms with Crippen molar-refractivity contribution in [3.8, 4) is 5.75 Å². The molecule has 4 aromatic rings. The Morgan fingerprint density at radius 3 is 2.38 bits per heavy atom. The minimum Gasteiger partial charge on any atom is -0.494 e. The number of esters is 2. The van der Waals surface area contributed by atoms with E-state index in [0.717, 1.165) is 17.0 Å². The lowest BCUT2D eigenvalue weighted by atomic mass is 9.92. The summed E-state index contributed by atoms with van der Waals surface area (Å²) >= 11 is 0. The van der Waals surface area contributed by atoms with Crippen molar-refractivity contribution in [1.29, 1.82) is 0 Å². The van der Waals surface area contributed by atoms with Crippen LogP contribution in [-0.4, -0.2) is 66.6 Å². The van der Waals surface area contributed by atoms with Crippen molar-refractivity contribution in [3.63, 3.8) is 0 Å². The molecule has 292 valence electrons. The van der Waals surface area contributed by atoms with Gasteiger partial charge in [-0.25, -0.2) is 22.6 Å². The molecular formula is C37H37F4N5O8S. The Kier molecular flexibility index (Phi) is 11.7. The van der Waals surface area contributed by atoms with Gasteiger partial charge in [-0.2, -0.15) is 13.2 Å². The van der Waals surface area contributed by atoms with Gasteiger partial charge in [0.05, 0.1) is 28.7 Å². The van der Waals surface area contributed by atoms with Gasteiger partial charge in [-0.1, -0.05) is 0 Å². The maximum absolute atomic E-state index is 15.9. The van der Waals surface area contributed by atoms with Gasteiger partial charge in [0.15, 0.2) is 9.84 Å². The number of carbonyl (C=O) groups excluding carboxylic acids is 4. The lowest BCUT2D eigenvalue weighted by Crippen LogP contribution is -2.41. The van der Waals surface area contributed by atoms with Crippen LogP contribution in [0.15, 0.2) is 71.8 Å². The Balaban J connectivity index is 1.72. The van der Waals surface area contributed by atoms with Crippen molar-refractivity contribution >= 4 is 61.6 Å². The predicted molar refractivity (Wildman–Crippen MR) is 193 cm³/mol. The average molecular weight is 788 g/mol. The van der Waals surface area contributed by atoms with Gasteiger partial charge >= 0.3 is 18.1 Å². The molecule has 0 radical (unpaired) electrons. The molecule has 3 aromatic carbocycles. The number of nitrogens with zero attached hydrogens (tertiary/aromatic N) is 2. The van der Waals surface area contributed by atoms with E-state index in [4.69, 9.17) is 10.5 Å². The summed E-state index contributed by atoms with van der Waals surface area (Å²) in [5.74, 6) is -8.20. The lowest BCUT2D eigenvalue weighted by Gasteiger charge is -2.33. The van der Waals surface area contributed by atoms with Crippen molar-refractivity contribution in [2.24, 2.45) is 5.92 Å². The van der Waals surface area contributed by atoms with Gasteiger partial charge in [-0.05, 0) is 98.8 Å². The van der Waals surface area contributed by atoms with Crippen LogP contribution in [0.5, 0.6) is 5.75 Å². The van der Waals surface area contributed by atoms with Gasteiger partial charge in [-0.3, -0.25) is 14.4 Å². The number of anilines is 3. The second-order valence-corrected chi connectivity index (χ2v) is 15.4. The van der Waals surface area contributed by atoms with Crippen LogP contribution in [0.1, 0.15) is 57.3 Å². The normalized spacial score (nSPS) is 16.5. The highest BCUT2D eigenvalue weighted by molar-refractivity contribution is 7.92. The van der Waals surface area contributed by atoms with Gasteiger partial charge in [0.2, 0.25) is 11.8 Å². The molecule has 3 atom stereocenters. The molecule has 55 heavy (non-hydrogen) atoms. The second kappa shape index (κ2) is 15.9. The standard InChI is InChI=1S/C37H37F4N5O8S/c1-5-53-24-8-10-29(38)27(18-24)31(45-22-6-9-25-21(16-22)12-14-43-33(25)42)34(48)46-15-13-26(35(49)54-36(50)37(39,40)41)32(46)28-17-23(44-20(4)47)7-11-30(28)55(51,52)19(2)3/h6-12,14,16-19,26,31-32,45H,5,13,15H2,1-4H3,(H2,42,43)(H,44,47)/t26?,31-,32?/m1/s1. The Hall–Kier alpha value is -5.78. The van der Waals surface area contributed by atoms with E-state index < -0.39 is 80.2 Å². The molecule has 0 bridgehead atoms. The minimum atomic E-state index is -5.56. The van der Waals surface area contributed by atoms with Crippen LogP contribution in [0.2, 0.25) is 0 Å². The third-order valence-corrected chi connectivity index (χ3v) is 11.2. The average Bonchev–Trinajstić information content (AvgIpc) is 3.56. The van der Waals surface area contributed by atoms with Crippen LogP contribution in [-0.2, 0) is 33.8 Å². The predicted octanol–water partition coefficient (Wildman–Crippen LogP) is 5.87. The number of rotatable bonds is 11. The summed E-state index contributed by atoms with van der Waals surface area (Å²) in [6.07, 6.45) is -4.50. The van der Waals surface area contributed by atoms with E-state index in [1.165, 1.54) is 51.2 Å². The minimum absolute atomic E-state index is 0.0260. The van der Waals surface area contributed by atoms with Gasteiger partial charge in [0.1, 0.15) is 23.4 Å². The van der Waals surface area contributed by atoms with Crippen molar-refractivity contribution in [3.05, 3.63) is 83.8 Å². The van der Waals surface area contributed by atoms with Gasteiger partial charge < -0.3 is 30.7 Å². The lowest BCUT2D eigenvalue weighted by molar-refractivity contribution is -0.203. The van der Waals surface area contributed by atoms with Crippen molar-refractivity contribution < 1.29 is 54.6 Å². The molecule has 1 fully saturated rings. The van der Waals surface area contributed by atoms with E-state index in [0.29, 0.717) is 10.8 Å². The Bertz CT molecular complexity index is 2270. The number of sulfone groups is 1. The highest BCUT2D eigenvalue weighted by atomic mass is 32.2. The van der Waals surface area contributed by atoms with Crippen molar-refractivity contribution in [1.82, 2.24) is 9.88 Å². The number of carbonyl (C=O) groups is 4. The number of nitrogen functional groups attached to an aromatic ring is 1. The van der Waals surface area contributed by atoms with Crippen LogP contribution in [0.4, 0.5) is 34.8 Å². The van der Waals surface area contributed by atoms with Gasteiger partial charge in [0, 0.05) is 42.0 Å². The number of likely N-dealkylation sites (tertiary alicyclic amines) is 1. The van der Waals surface area contributed by atoms with Gasteiger partial charge in [0.25, 0.3) is 0 Å². The molecule has 1 aliphatic heterocycles.